The Morgan fingerprint density at radius 2 is 2.32 bits per heavy atom. The number of urea groups is 1. The van der Waals surface area contributed by atoms with E-state index in [9.17, 15) is 4.79 Å². The zero-order chi connectivity index (χ0) is 15.5. The lowest BCUT2D eigenvalue weighted by molar-refractivity contribution is 0.245. The van der Waals surface area contributed by atoms with Gasteiger partial charge in [0, 0.05) is 6.42 Å². The van der Waals surface area contributed by atoms with Crippen molar-refractivity contribution in [3.8, 4) is 0 Å². The minimum absolute atomic E-state index is 0.353. The number of rotatable bonds is 4. The summed E-state index contributed by atoms with van der Waals surface area (Å²) in [6.45, 7) is 1.77. The van der Waals surface area contributed by atoms with Crippen LogP contribution in [0.5, 0.6) is 0 Å². The molecular formula is C16H20N4O2. The third-order valence-corrected chi connectivity index (χ3v) is 4.14. The van der Waals surface area contributed by atoms with Crippen molar-refractivity contribution in [3.05, 3.63) is 47.1 Å². The quantitative estimate of drug-likeness (QED) is 0.906. The largest absolute Gasteiger partial charge is 0.352 e. The van der Waals surface area contributed by atoms with Crippen LogP contribution in [0.1, 0.15) is 54.6 Å². The van der Waals surface area contributed by atoms with Crippen molar-refractivity contribution in [1.29, 1.82) is 0 Å². The molecule has 2 aromatic rings. The number of fused-ring (bicyclic) bond motifs is 1. The molecule has 116 valence electrons. The van der Waals surface area contributed by atoms with Gasteiger partial charge in [-0.3, -0.25) is 0 Å². The number of nitrogens with zero attached hydrogens (tertiary/aromatic N) is 2. The van der Waals surface area contributed by atoms with Gasteiger partial charge in [0.2, 0.25) is 5.89 Å². The third kappa shape index (κ3) is 3.10. The predicted molar refractivity (Wildman–Crippen MR) is 81.3 cm³/mol. The van der Waals surface area contributed by atoms with Crippen LogP contribution in [0.15, 0.2) is 28.8 Å². The molecule has 0 saturated carbocycles. The molecule has 1 aromatic carbocycles. The van der Waals surface area contributed by atoms with E-state index in [1.165, 1.54) is 17.5 Å². The predicted octanol–water partition coefficient (Wildman–Crippen LogP) is 2.46. The van der Waals surface area contributed by atoms with Gasteiger partial charge in [0.05, 0.1) is 6.04 Å². The number of primary amides is 1. The molecule has 3 rings (SSSR count). The van der Waals surface area contributed by atoms with Crippen LogP contribution >= 0.6 is 0 Å². The number of benzene rings is 1. The number of hydrogen-bond acceptors (Lipinski definition) is 4. The molecule has 1 aliphatic carbocycles. The molecule has 0 saturated heterocycles. The fraction of sp³-hybridized carbons (Fsp3) is 0.438. The van der Waals surface area contributed by atoms with Crippen LogP contribution in [0.4, 0.5) is 4.79 Å². The average Bonchev–Trinajstić information content (AvgIpc) is 2.96. The van der Waals surface area contributed by atoms with E-state index in [2.05, 4.69) is 39.7 Å². The maximum atomic E-state index is 10.9. The summed E-state index contributed by atoms with van der Waals surface area (Å²) >= 11 is 0. The maximum absolute atomic E-state index is 10.9. The smallest absolute Gasteiger partial charge is 0.312 e. The molecule has 3 N–H and O–H groups in total. The van der Waals surface area contributed by atoms with Gasteiger partial charge >= 0.3 is 6.03 Å². The minimum Gasteiger partial charge on any atom is -0.352 e. The van der Waals surface area contributed by atoms with E-state index in [0.717, 1.165) is 19.3 Å². The monoisotopic (exact) mass is 300 g/mol. The zero-order valence-electron chi connectivity index (χ0n) is 12.6. The summed E-state index contributed by atoms with van der Waals surface area (Å²) < 4.78 is 5.33. The van der Waals surface area contributed by atoms with Gasteiger partial charge in [-0.05, 0) is 43.2 Å². The summed E-state index contributed by atoms with van der Waals surface area (Å²) in [7, 11) is 0. The number of carbonyl (C=O) groups is 1. The maximum Gasteiger partial charge on any atom is 0.312 e. The Morgan fingerprint density at radius 1 is 1.50 bits per heavy atom. The van der Waals surface area contributed by atoms with E-state index < -0.39 is 6.03 Å². The lowest BCUT2D eigenvalue weighted by Crippen LogP contribution is -2.32. The lowest BCUT2D eigenvalue weighted by Gasteiger charge is -2.24. The molecular weight excluding hydrogens is 280 g/mol. The first-order valence-electron chi connectivity index (χ1n) is 7.59. The molecule has 0 spiro atoms. The number of aryl methyl sites for hydroxylation is 1. The Morgan fingerprint density at radius 3 is 3.14 bits per heavy atom. The molecule has 0 radical (unpaired) electrons. The lowest BCUT2D eigenvalue weighted by atomic mass is 9.81. The van der Waals surface area contributed by atoms with Gasteiger partial charge in [0.25, 0.3) is 0 Å². The Kier molecular flexibility index (Phi) is 4.09. The van der Waals surface area contributed by atoms with Gasteiger partial charge in [0.1, 0.15) is 0 Å². The molecule has 1 aromatic heterocycles. The van der Waals surface area contributed by atoms with Crippen LogP contribution in [-0.4, -0.2) is 16.2 Å². The molecule has 0 aliphatic heterocycles. The number of amides is 2. The highest BCUT2D eigenvalue weighted by Crippen LogP contribution is 2.33. The molecule has 6 nitrogen and oxygen atoms in total. The Labute approximate surface area is 129 Å². The number of hydrogen-bond donors (Lipinski definition) is 2. The van der Waals surface area contributed by atoms with E-state index in [0.29, 0.717) is 17.6 Å². The summed E-state index contributed by atoms with van der Waals surface area (Å²) in [5.74, 6) is 1.48. The molecule has 0 fully saturated rings. The fourth-order valence-corrected chi connectivity index (χ4v) is 3.08. The van der Waals surface area contributed by atoms with E-state index >= 15 is 0 Å². The zero-order valence-corrected chi connectivity index (χ0v) is 12.6. The van der Waals surface area contributed by atoms with Crippen LogP contribution < -0.4 is 11.1 Å². The van der Waals surface area contributed by atoms with Gasteiger partial charge in [0.15, 0.2) is 5.82 Å². The first-order chi connectivity index (χ1) is 10.6. The molecule has 2 atom stereocenters. The van der Waals surface area contributed by atoms with Gasteiger partial charge < -0.3 is 15.6 Å². The standard InChI is InChI=1S/C16H20N4O2/c1-10(18-16(17)21)15-19-14(22-20-15)9-12-7-4-6-11-5-2-3-8-13(11)12/h2-3,5,8,10,12H,4,6-7,9H2,1H3,(H3,17,18,21). The number of nitrogens with one attached hydrogen (secondary N) is 1. The van der Waals surface area contributed by atoms with Gasteiger partial charge in [-0.25, -0.2) is 4.79 Å². The van der Waals surface area contributed by atoms with Crippen molar-refractivity contribution in [3.63, 3.8) is 0 Å². The van der Waals surface area contributed by atoms with E-state index in [-0.39, 0.29) is 6.04 Å². The molecule has 6 heteroatoms. The molecule has 2 amide bonds. The molecule has 22 heavy (non-hydrogen) atoms. The Balaban J connectivity index is 1.72. The molecule has 0 bridgehead atoms. The highest BCUT2D eigenvalue weighted by molar-refractivity contribution is 5.71. The average molecular weight is 300 g/mol. The normalized spacial score (nSPS) is 18.5. The Bertz CT molecular complexity index is 668. The topological polar surface area (TPSA) is 94.0 Å². The highest BCUT2D eigenvalue weighted by Gasteiger charge is 2.23. The van der Waals surface area contributed by atoms with Crippen LogP contribution in [0.25, 0.3) is 0 Å². The van der Waals surface area contributed by atoms with Gasteiger partial charge in [-0.15, -0.1) is 0 Å². The first kappa shape index (κ1) is 14.6. The molecule has 2 unspecified atom stereocenters. The molecule has 1 aliphatic rings. The van der Waals surface area contributed by atoms with E-state index in [4.69, 9.17) is 10.3 Å². The number of aromatic nitrogens is 2. The van der Waals surface area contributed by atoms with Crippen LogP contribution in [-0.2, 0) is 12.8 Å². The fourth-order valence-electron chi connectivity index (χ4n) is 3.08. The van der Waals surface area contributed by atoms with Crippen molar-refractivity contribution in [2.75, 3.05) is 0 Å². The number of carbonyl (C=O) groups excluding carboxylic acids is 1. The van der Waals surface area contributed by atoms with Crippen molar-refractivity contribution >= 4 is 6.03 Å². The summed E-state index contributed by atoms with van der Waals surface area (Å²) in [4.78, 5) is 15.3. The SMILES string of the molecule is CC(NC(N)=O)c1noc(CC2CCCc3ccccc32)n1. The molecule has 1 heterocycles. The second kappa shape index (κ2) is 6.17. The van der Waals surface area contributed by atoms with Crippen molar-refractivity contribution < 1.29 is 9.32 Å². The van der Waals surface area contributed by atoms with E-state index in [1.54, 1.807) is 6.92 Å². The van der Waals surface area contributed by atoms with Gasteiger partial charge in [-0.2, -0.15) is 4.98 Å². The summed E-state index contributed by atoms with van der Waals surface area (Å²) in [6.07, 6.45) is 4.18. The third-order valence-electron chi connectivity index (χ3n) is 4.14. The minimum atomic E-state index is -0.597. The highest BCUT2D eigenvalue weighted by atomic mass is 16.5. The van der Waals surface area contributed by atoms with Crippen LogP contribution in [0, 0.1) is 0 Å². The van der Waals surface area contributed by atoms with Crippen LogP contribution in [0.2, 0.25) is 0 Å². The van der Waals surface area contributed by atoms with Crippen molar-refractivity contribution in [2.45, 2.75) is 44.6 Å². The van der Waals surface area contributed by atoms with Crippen LogP contribution in [0.3, 0.4) is 0 Å². The van der Waals surface area contributed by atoms with E-state index in [1.807, 2.05) is 0 Å². The summed E-state index contributed by atoms with van der Waals surface area (Å²) in [6, 6.07) is 7.60. The Hall–Kier alpha value is -2.37. The second-order valence-corrected chi connectivity index (χ2v) is 5.77. The van der Waals surface area contributed by atoms with Crippen molar-refractivity contribution in [1.82, 2.24) is 15.5 Å². The van der Waals surface area contributed by atoms with Gasteiger partial charge in [-0.1, -0.05) is 29.4 Å². The summed E-state index contributed by atoms with van der Waals surface area (Å²) in [5, 5.41) is 6.48. The number of nitrogens with two attached hydrogens (primary N) is 1. The summed E-state index contributed by atoms with van der Waals surface area (Å²) in [5.41, 5.74) is 7.91. The van der Waals surface area contributed by atoms with Crippen molar-refractivity contribution in [2.24, 2.45) is 5.73 Å². The first-order valence-corrected chi connectivity index (χ1v) is 7.59. The second-order valence-electron chi connectivity index (χ2n) is 5.77.